The van der Waals surface area contributed by atoms with Gasteiger partial charge in [-0.2, -0.15) is 0 Å². The third kappa shape index (κ3) is 1.91. The van der Waals surface area contributed by atoms with Crippen molar-refractivity contribution in [3.8, 4) is 0 Å². The second-order valence-electron chi connectivity index (χ2n) is 5.12. The molecule has 0 spiro atoms. The van der Waals surface area contributed by atoms with E-state index >= 15 is 0 Å². The zero-order chi connectivity index (χ0) is 11.1. The molecule has 2 rings (SSSR count). The largest absolute Gasteiger partial charge is 0.309 e. The summed E-state index contributed by atoms with van der Waals surface area (Å²) in [6, 6.07) is 0.407. The van der Waals surface area contributed by atoms with Crippen molar-refractivity contribution in [3.63, 3.8) is 0 Å². The maximum atomic E-state index is 4.00. The number of aryl methyl sites for hydroxylation is 1. The summed E-state index contributed by atoms with van der Waals surface area (Å²) in [5, 5.41) is 11.5. The van der Waals surface area contributed by atoms with Gasteiger partial charge in [-0.3, -0.25) is 4.68 Å². The minimum atomic E-state index is 0.407. The van der Waals surface area contributed by atoms with E-state index in [-0.39, 0.29) is 0 Å². The van der Waals surface area contributed by atoms with Crippen molar-refractivity contribution in [1.29, 1.82) is 0 Å². The van der Waals surface area contributed by atoms with Gasteiger partial charge in [-0.05, 0) is 24.3 Å². The van der Waals surface area contributed by atoms with Crippen LogP contribution in [0.3, 0.4) is 0 Å². The van der Waals surface area contributed by atoms with Gasteiger partial charge in [0.15, 0.2) is 0 Å². The Bertz CT molecular complexity index is 342. The molecular formula is C11H20N4. The van der Waals surface area contributed by atoms with Gasteiger partial charge in [0.2, 0.25) is 0 Å². The lowest BCUT2D eigenvalue weighted by Crippen LogP contribution is -2.26. The normalized spacial score (nSPS) is 25.2. The van der Waals surface area contributed by atoms with Crippen molar-refractivity contribution in [2.75, 3.05) is 6.54 Å². The van der Waals surface area contributed by atoms with Crippen molar-refractivity contribution in [2.45, 2.75) is 33.2 Å². The Kier molecular flexibility index (Phi) is 2.54. The van der Waals surface area contributed by atoms with Crippen LogP contribution in [0.15, 0.2) is 6.20 Å². The highest BCUT2D eigenvalue weighted by Gasteiger charge is 2.51. The Morgan fingerprint density at radius 3 is 2.73 bits per heavy atom. The van der Waals surface area contributed by atoms with Crippen LogP contribution in [-0.4, -0.2) is 21.5 Å². The summed E-state index contributed by atoms with van der Waals surface area (Å²) in [5.41, 5.74) is 1.67. The summed E-state index contributed by atoms with van der Waals surface area (Å²) in [6.07, 6.45) is 3.16. The van der Waals surface area contributed by atoms with Crippen molar-refractivity contribution in [1.82, 2.24) is 20.3 Å². The molecule has 1 aromatic heterocycles. The van der Waals surface area contributed by atoms with Crippen LogP contribution < -0.4 is 5.32 Å². The van der Waals surface area contributed by atoms with Crippen LogP contribution in [0.4, 0.5) is 0 Å². The fourth-order valence-corrected chi connectivity index (χ4v) is 2.33. The van der Waals surface area contributed by atoms with E-state index in [4.69, 9.17) is 0 Å². The third-order valence-electron chi connectivity index (χ3n) is 3.48. The predicted octanol–water partition coefficient (Wildman–Crippen LogP) is 1.51. The summed E-state index contributed by atoms with van der Waals surface area (Å²) in [5.74, 6) is 0.717. The molecule has 0 aromatic carbocycles. The molecule has 15 heavy (non-hydrogen) atoms. The lowest BCUT2D eigenvalue weighted by atomic mass is 10.0. The fraction of sp³-hybridized carbons (Fsp3) is 0.818. The van der Waals surface area contributed by atoms with E-state index in [0.717, 1.165) is 12.5 Å². The highest BCUT2D eigenvalue weighted by atomic mass is 15.4. The molecule has 1 saturated carbocycles. The third-order valence-corrected chi connectivity index (χ3v) is 3.48. The van der Waals surface area contributed by atoms with Gasteiger partial charge in [0, 0.05) is 7.05 Å². The highest BCUT2D eigenvalue weighted by molar-refractivity contribution is 5.12. The van der Waals surface area contributed by atoms with Crippen molar-refractivity contribution >= 4 is 0 Å². The molecule has 1 fully saturated rings. The van der Waals surface area contributed by atoms with Gasteiger partial charge >= 0.3 is 0 Å². The average molecular weight is 208 g/mol. The molecule has 4 heteroatoms. The molecule has 1 aliphatic rings. The summed E-state index contributed by atoms with van der Waals surface area (Å²) in [4.78, 5) is 0. The van der Waals surface area contributed by atoms with E-state index in [1.165, 1.54) is 12.1 Å². The van der Waals surface area contributed by atoms with Crippen LogP contribution in [0.5, 0.6) is 0 Å². The van der Waals surface area contributed by atoms with Gasteiger partial charge in [-0.1, -0.05) is 26.0 Å². The molecule has 2 atom stereocenters. The first-order valence-electron chi connectivity index (χ1n) is 5.64. The summed E-state index contributed by atoms with van der Waals surface area (Å²) < 4.78 is 1.88. The van der Waals surface area contributed by atoms with Crippen LogP contribution in [0.1, 0.15) is 38.9 Å². The van der Waals surface area contributed by atoms with Crippen LogP contribution in [0.2, 0.25) is 0 Å². The Labute approximate surface area is 91.1 Å². The Balaban J connectivity index is 2.18. The molecule has 2 unspecified atom stereocenters. The fourth-order valence-electron chi connectivity index (χ4n) is 2.33. The van der Waals surface area contributed by atoms with E-state index in [2.05, 4.69) is 36.4 Å². The lowest BCUT2D eigenvalue weighted by Gasteiger charge is -2.19. The van der Waals surface area contributed by atoms with Gasteiger partial charge in [0.05, 0.1) is 17.9 Å². The maximum absolute atomic E-state index is 4.00. The quantitative estimate of drug-likeness (QED) is 0.815. The van der Waals surface area contributed by atoms with Gasteiger partial charge < -0.3 is 5.32 Å². The van der Waals surface area contributed by atoms with Crippen LogP contribution in [0.25, 0.3) is 0 Å². The number of nitrogens with one attached hydrogen (secondary N) is 1. The molecule has 0 aliphatic heterocycles. The highest BCUT2D eigenvalue weighted by Crippen LogP contribution is 2.57. The first kappa shape index (κ1) is 10.6. The summed E-state index contributed by atoms with van der Waals surface area (Å²) in [6.45, 7) is 7.78. The van der Waals surface area contributed by atoms with Gasteiger partial charge in [-0.25, -0.2) is 0 Å². The standard InChI is InChI=1S/C11H20N4/c1-5-12-10(8-6-11(8,2)3)9-7-13-14-15(9)4/h7-8,10,12H,5-6H2,1-4H3. The predicted molar refractivity (Wildman–Crippen MR) is 59.3 cm³/mol. The topological polar surface area (TPSA) is 42.7 Å². The smallest absolute Gasteiger partial charge is 0.0756 e. The molecule has 1 aliphatic carbocycles. The first-order valence-corrected chi connectivity index (χ1v) is 5.64. The SMILES string of the molecule is CCNC(c1cnnn1C)C1CC1(C)C. The molecule has 1 aromatic rings. The molecule has 4 nitrogen and oxygen atoms in total. The molecular weight excluding hydrogens is 188 g/mol. The molecule has 0 radical (unpaired) electrons. The van der Waals surface area contributed by atoms with E-state index in [0.29, 0.717) is 11.5 Å². The molecule has 1 N–H and O–H groups in total. The van der Waals surface area contributed by atoms with E-state index in [1.54, 1.807) is 0 Å². The van der Waals surface area contributed by atoms with Crippen LogP contribution in [-0.2, 0) is 7.05 Å². The van der Waals surface area contributed by atoms with Gasteiger partial charge in [-0.15, -0.1) is 5.10 Å². The van der Waals surface area contributed by atoms with Crippen molar-refractivity contribution in [3.05, 3.63) is 11.9 Å². The molecule has 0 amide bonds. The Morgan fingerprint density at radius 2 is 2.33 bits per heavy atom. The van der Waals surface area contributed by atoms with Gasteiger partial charge in [0.1, 0.15) is 0 Å². The molecule has 1 heterocycles. The number of nitrogens with zero attached hydrogens (tertiary/aromatic N) is 3. The van der Waals surface area contributed by atoms with E-state index in [1.807, 2.05) is 17.9 Å². The number of hydrogen-bond acceptors (Lipinski definition) is 3. The van der Waals surface area contributed by atoms with E-state index in [9.17, 15) is 0 Å². The Morgan fingerprint density at radius 1 is 1.67 bits per heavy atom. The van der Waals surface area contributed by atoms with Crippen LogP contribution in [0, 0.1) is 11.3 Å². The average Bonchev–Trinajstić information content (AvgIpc) is 2.57. The maximum Gasteiger partial charge on any atom is 0.0756 e. The zero-order valence-electron chi connectivity index (χ0n) is 9.99. The van der Waals surface area contributed by atoms with Gasteiger partial charge in [0.25, 0.3) is 0 Å². The minimum Gasteiger partial charge on any atom is -0.309 e. The number of aromatic nitrogens is 3. The monoisotopic (exact) mass is 208 g/mol. The Hall–Kier alpha value is -0.900. The second kappa shape index (κ2) is 3.59. The zero-order valence-corrected chi connectivity index (χ0v) is 9.99. The minimum absolute atomic E-state index is 0.407. The lowest BCUT2D eigenvalue weighted by molar-refractivity contribution is 0.403. The molecule has 84 valence electrons. The van der Waals surface area contributed by atoms with Crippen molar-refractivity contribution in [2.24, 2.45) is 18.4 Å². The van der Waals surface area contributed by atoms with Crippen molar-refractivity contribution < 1.29 is 0 Å². The van der Waals surface area contributed by atoms with E-state index < -0.39 is 0 Å². The summed E-state index contributed by atoms with van der Waals surface area (Å²) in [7, 11) is 1.96. The number of hydrogen-bond donors (Lipinski definition) is 1. The summed E-state index contributed by atoms with van der Waals surface area (Å²) >= 11 is 0. The first-order chi connectivity index (χ1) is 7.06. The van der Waals surface area contributed by atoms with Crippen LogP contribution >= 0.6 is 0 Å². The number of rotatable bonds is 4. The second-order valence-corrected chi connectivity index (χ2v) is 5.12. The molecule has 0 bridgehead atoms. The molecule has 0 saturated heterocycles.